The number of carbonyl (C=O) groups excluding carboxylic acids is 1. The Balaban J connectivity index is 2.17. The third-order valence-electron chi connectivity index (χ3n) is 3.61. The predicted molar refractivity (Wildman–Crippen MR) is 90.1 cm³/mol. The molecular formula is C16H32N4O2. The minimum Gasteiger partial charge on any atom is -0.382 e. The van der Waals surface area contributed by atoms with Gasteiger partial charge >= 0.3 is 0 Å². The third kappa shape index (κ3) is 8.22. The Hall–Kier alpha value is -1.30. The maximum atomic E-state index is 12.0. The van der Waals surface area contributed by atoms with Crippen LogP contribution in [-0.2, 0) is 9.53 Å². The van der Waals surface area contributed by atoms with E-state index < -0.39 is 0 Å². The normalized spacial score (nSPS) is 15.2. The minimum atomic E-state index is 0.248. The smallest absolute Gasteiger partial charge is 0.224 e. The highest BCUT2D eigenvalue weighted by atomic mass is 16.5. The molecule has 1 saturated heterocycles. The summed E-state index contributed by atoms with van der Waals surface area (Å²) in [5.74, 6) is 1.05. The van der Waals surface area contributed by atoms with Crippen molar-refractivity contribution in [3.63, 3.8) is 0 Å². The second kappa shape index (κ2) is 12.3. The molecule has 2 N–H and O–H groups in total. The molecule has 1 rings (SSSR count). The number of guanidine groups is 1. The van der Waals surface area contributed by atoms with E-state index >= 15 is 0 Å². The maximum absolute atomic E-state index is 12.0. The first-order valence-electron chi connectivity index (χ1n) is 8.65. The molecule has 0 spiro atoms. The van der Waals surface area contributed by atoms with Crippen LogP contribution in [0.1, 0.15) is 46.0 Å². The third-order valence-corrected chi connectivity index (χ3v) is 3.61. The van der Waals surface area contributed by atoms with Gasteiger partial charge in [-0.15, -0.1) is 0 Å². The molecule has 1 heterocycles. The summed E-state index contributed by atoms with van der Waals surface area (Å²) in [4.78, 5) is 18.4. The largest absolute Gasteiger partial charge is 0.382 e. The summed E-state index contributed by atoms with van der Waals surface area (Å²) in [6.07, 6.45) is 4.87. The molecule has 1 aliphatic rings. The van der Waals surface area contributed by atoms with Crippen LogP contribution >= 0.6 is 0 Å². The maximum Gasteiger partial charge on any atom is 0.224 e. The van der Waals surface area contributed by atoms with Gasteiger partial charge in [0.2, 0.25) is 5.91 Å². The fraction of sp³-hybridized carbons (Fsp3) is 0.875. The van der Waals surface area contributed by atoms with Crippen LogP contribution in [0.4, 0.5) is 0 Å². The van der Waals surface area contributed by atoms with Crippen molar-refractivity contribution >= 4 is 11.9 Å². The molecule has 1 fully saturated rings. The number of nitrogens with one attached hydrogen (secondary N) is 2. The van der Waals surface area contributed by atoms with E-state index in [0.717, 1.165) is 71.0 Å². The Morgan fingerprint density at radius 1 is 1.18 bits per heavy atom. The van der Waals surface area contributed by atoms with Crippen LogP contribution in [0.25, 0.3) is 0 Å². The van der Waals surface area contributed by atoms with Crippen LogP contribution in [0.2, 0.25) is 0 Å². The van der Waals surface area contributed by atoms with Crippen molar-refractivity contribution in [2.75, 3.05) is 45.9 Å². The summed E-state index contributed by atoms with van der Waals surface area (Å²) in [5.41, 5.74) is 0. The van der Waals surface area contributed by atoms with Crippen molar-refractivity contribution in [1.29, 1.82) is 0 Å². The average Bonchev–Trinajstić information content (AvgIpc) is 3.05. The van der Waals surface area contributed by atoms with Gasteiger partial charge < -0.3 is 20.3 Å². The van der Waals surface area contributed by atoms with E-state index in [2.05, 4.69) is 15.6 Å². The van der Waals surface area contributed by atoms with E-state index in [9.17, 15) is 4.79 Å². The fourth-order valence-electron chi connectivity index (χ4n) is 2.41. The van der Waals surface area contributed by atoms with Gasteiger partial charge in [-0.05, 0) is 39.5 Å². The molecule has 0 aromatic heterocycles. The molecule has 22 heavy (non-hydrogen) atoms. The van der Waals surface area contributed by atoms with Crippen LogP contribution in [0.15, 0.2) is 4.99 Å². The number of rotatable bonds is 10. The fourth-order valence-corrected chi connectivity index (χ4v) is 2.41. The lowest BCUT2D eigenvalue weighted by Gasteiger charge is -2.16. The molecule has 0 unspecified atom stereocenters. The van der Waals surface area contributed by atoms with E-state index in [1.54, 1.807) is 0 Å². The van der Waals surface area contributed by atoms with Crippen molar-refractivity contribution in [3.05, 3.63) is 0 Å². The zero-order valence-corrected chi connectivity index (χ0v) is 14.2. The summed E-state index contributed by atoms with van der Waals surface area (Å²) in [6.45, 7) is 9.72. The molecule has 1 aliphatic heterocycles. The Labute approximate surface area is 134 Å². The zero-order valence-electron chi connectivity index (χ0n) is 14.2. The summed E-state index contributed by atoms with van der Waals surface area (Å²) in [5, 5.41) is 6.45. The van der Waals surface area contributed by atoms with Crippen molar-refractivity contribution in [2.45, 2.75) is 46.0 Å². The van der Waals surface area contributed by atoms with Gasteiger partial charge in [-0.1, -0.05) is 0 Å². The quantitative estimate of drug-likeness (QED) is 0.363. The highest BCUT2D eigenvalue weighted by molar-refractivity contribution is 5.81. The second-order valence-corrected chi connectivity index (χ2v) is 5.43. The molecule has 0 bridgehead atoms. The lowest BCUT2D eigenvalue weighted by Crippen LogP contribution is -2.39. The Bertz CT molecular complexity index is 328. The Morgan fingerprint density at radius 2 is 1.95 bits per heavy atom. The number of nitrogens with zero attached hydrogens (tertiary/aromatic N) is 2. The van der Waals surface area contributed by atoms with Crippen molar-refractivity contribution in [2.24, 2.45) is 4.99 Å². The number of hydrogen-bond acceptors (Lipinski definition) is 3. The van der Waals surface area contributed by atoms with E-state index in [4.69, 9.17) is 4.74 Å². The standard InChI is InChI=1S/C16H32N4O2/c1-3-17-16(18-10-5-8-14-22-4-2)19-11-9-15(21)20-12-6-7-13-20/h3-14H2,1-2H3,(H2,17,18,19). The van der Waals surface area contributed by atoms with Crippen LogP contribution in [0.3, 0.4) is 0 Å². The van der Waals surface area contributed by atoms with Gasteiger partial charge in [0, 0.05) is 52.4 Å². The molecular weight excluding hydrogens is 280 g/mol. The first kappa shape index (κ1) is 18.7. The molecule has 6 heteroatoms. The number of aliphatic imine (C=N–C) groups is 1. The molecule has 0 aromatic rings. The molecule has 0 saturated carbocycles. The van der Waals surface area contributed by atoms with Gasteiger partial charge in [-0.25, -0.2) is 0 Å². The van der Waals surface area contributed by atoms with Crippen LogP contribution in [0.5, 0.6) is 0 Å². The van der Waals surface area contributed by atoms with E-state index in [-0.39, 0.29) is 5.91 Å². The topological polar surface area (TPSA) is 66.0 Å². The van der Waals surface area contributed by atoms with Gasteiger partial charge in [0.15, 0.2) is 5.96 Å². The highest BCUT2D eigenvalue weighted by Gasteiger charge is 2.17. The van der Waals surface area contributed by atoms with Crippen molar-refractivity contribution < 1.29 is 9.53 Å². The molecule has 128 valence electrons. The van der Waals surface area contributed by atoms with Crippen molar-refractivity contribution in [1.82, 2.24) is 15.5 Å². The van der Waals surface area contributed by atoms with E-state index in [1.165, 1.54) is 0 Å². The van der Waals surface area contributed by atoms with Crippen LogP contribution < -0.4 is 10.6 Å². The number of likely N-dealkylation sites (tertiary alicyclic amines) is 1. The van der Waals surface area contributed by atoms with Gasteiger partial charge in [-0.3, -0.25) is 9.79 Å². The molecule has 0 atom stereocenters. The van der Waals surface area contributed by atoms with Gasteiger partial charge in [0.25, 0.3) is 0 Å². The summed E-state index contributed by atoms with van der Waals surface area (Å²) >= 11 is 0. The van der Waals surface area contributed by atoms with Gasteiger partial charge in [0.1, 0.15) is 0 Å². The minimum absolute atomic E-state index is 0.248. The monoisotopic (exact) mass is 312 g/mol. The number of ether oxygens (including phenoxy) is 1. The first-order chi connectivity index (χ1) is 10.8. The average molecular weight is 312 g/mol. The summed E-state index contributed by atoms with van der Waals surface area (Å²) in [7, 11) is 0. The summed E-state index contributed by atoms with van der Waals surface area (Å²) in [6, 6.07) is 0. The number of carbonyl (C=O) groups is 1. The van der Waals surface area contributed by atoms with E-state index in [1.807, 2.05) is 18.7 Å². The zero-order chi connectivity index (χ0) is 16.0. The number of hydrogen-bond donors (Lipinski definition) is 2. The number of amides is 1. The molecule has 0 aromatic carbocycles. The predicted octanol–water partition coefficient (Wildman–Crippen LogP) is 1.37. The van der Waals surface area contributed by atoms with Crippen LogP contribution in [0, 0.1) is 0 Å². The van der Waals surface area contributed by atoms with Crippen molar-refractivity contribution in [3.8, 4) is 0 Å². The van der Waals surface area contributed by atoms with Crippen LogP contribution in [-0.4, -0.2) is 62.7 Å². The second-order valence-electron chi connectivity index (χ2n) is 5.43. The molecule has 1 amide bonds. The lowest BCUT2D eigenvalue weighted by molar-refractivity contribution is -0.129. The molecule has 0 radical (unpaired) electrons. The van der Waals surface area contributed by atoms with E-state index in [0.29, 0.717) is 13.0 Å². The Morgan fingerprint density at radius 3 is 2.64 bits per heavy atom. The number of unbranched alkanes of at least 4 members (excludes halogenated alkanes) is 1. The SMILES string of the molecule is CCNC(=NCCCCOCC)NCCC(=O)N1CCCC1. The lowest BCUT2D eigenvalue weighted by atomic mass is 10.3. The highest BCUT2D eigenvalue weighted by Crippen LogP contribution is 2.08. The van der Waals surface area contributed by atoms with Gasteiger partial charge in [-0.2, -0.15) is 0 Å². The Kier molecular flexibility index (Phi) is 10.5. The first-order valence-corrected chi connectivity index (χ1v) is 8.65. The molecule has 0 aliphatic carbocycles. The van der Waals surface area contributed by atoms with Gasteiger partial charge in [0.05, 0.1) is 0 Å². The molecule has 6 nitrogen and oxygen atoms in total. The summed E-state index contributed by atoms with van der Waals surface area (Å²) < 4.78 is 5.31.